The van der Waals surface area contributed by atoms with Crippen LogP contribution in [0.25, 0.3) is 11.5 Å². The molecular weight excluding hydrogens is 378 g/mol. The summed E-state index contributed by atoms with van der Waals surface area (Å²) in [6.45, 7) is 1.74. The monoisotopic (exact) mass is 397 g/mol. The second-order valence-electron chi connectivity index (χ2n) is 6.34. The molecule has 2 aromatic rings. The molecule has 0 spiro atoms. The van der Waals surface area contributed by atoms with Crippen molar-refractivity contribution in [2.45, 2.75) is 24.1 Å². The Morgan fingerprint density at radius 1 is 1.35 bits per heavy atom. The van der Waals surface area contributed by atoms with Gasteiger partial charge in [-0.3, -0.25) is 4.79 Å². The Labute approximate surface area is 155 Å². The van der Waals surface area contributed by atoms with Gasteiger partial charge in [0.05, 0.1) is 29.9 Å². The number of nitrogens with zero attached hydrogens (tertiary/aromatic N) is 2. The molecule has 1 fully saturated rings. The molecule has 0 radical (unpaired) electrons. The maximum atomic E-state index is 12.1. The molecule has 1 aliphatic heterocycles. The van der Waals surface area contributed by atoms with Gasteiger partial charge in [0.15, 0.2) is 9.84 Å². The van der Waals surface area contributed by atoms with Gasteiger partial charge in [-0.2, -0.15) is 0 Å². The van der Waals surface area contributed by atoms with Gasteiger partial charge in [0.1, 0.15) is 5.75 Å². The number of benzene rings is 1. The van der Waals surface area contributed by atoms with Crippen LogP contribution in [0.5, 0.6) is 5.75 Å². The molecule has 1 unspecified atom stereocenters. The van der Waals surface area contributed by atoms with Crippen LogP contribution >= 0.6 is 11.8 Å². The number of thioether (sulfide) groups is 1. The predicted molar refractivity (Wildman–Crippen MR) is 96.8 cm³/mol. The Bertz CT molecular complexity index is 895. The van der Waals surface area contributed by atoms with Crippen molar-refractivity contribution >= 4 is 27.5 Å². The van der Waals surface area contributed by atoms with E-state index >= 15 is 0 Å². The lowest BCUT2D eigenvalue weighted by Crippen LogP contribution is -2.47. The molecule has 1 amide bonds. The number of carbonyl (C=O) groups is 1. The maximum Gasteiger partial charge on any atom is 0.277 e. The van der Waals surface area contributed by atoms with E-state index < -0.39 is 15.4 Å². The van der Waals surface area contributed by atoms with Crippen LogP contribution in [0.2, 0.25) is 0 Å². The van der Waals surface area contributed by atoms with Crippen LogP contribution in [-0.4, -0.2) is 54.4 Å². The van der Waals surface area contributed by atoms with Gasteiger partial charge >= 0.3 is 0 Å². The minimum absolute atomic E-state index is 0.0292. The number of amides is 1. The average molecular weight is 397 g/mol. The molecule has 1 aromatic carbocycles. The van der Waals surface area contributed by atoms with Gasteiger partial charge in [-0.25, -0.2) is 8.42 Å². The van der Waals surface area contributed by atoms with E-state index in [1.165, 1.54) is 0 Å². The number of methoxy groups -OCH3 is 1. The molecule has 1 aliphatic rings. The Morgan fingerprint density at radius 3 is 2.69 bits per heavy atom. The number of hydrogen-bond acceptors (Lipinski definition) is 8. The third kappa shape index (κ3) is 4.55. The zero-order valence-corrected chi connectivity index (χ0v) is 16.0. The first-order chi connectivity index (χ1) is 12.3. The van der Waals surface area contributed by atoms with E-state index in [0.717, 1.165) is 23.1 Å². The summed E-state index contributed by atoms with van der Waals surface area (Å²) in [6.07, 6.45) is 0.425. The highest BCUT2D eigenvalue weighted by Crippen LogP contribution is 2.26. The summed E-state index contributed by atoms with van der Waals surface area (Å²) >= 11 is 1.11. The van der Waals surface area contributed by atoms with Gasteiger partial charge in [-0.05, 0) is 37.6 Å². The number of nitrogens with one attached hydrogen (secondary N) is 1. The maximum absolute atomic E-state index is 12.1. The quantitative estimate of drug-likeness (QED) is 0.731. The lowest BCUT2D eigenvalue weighted by Gasteiger charge is -2.23. The van der Waals surface area contributed by atoms with E-state index in [1.807, 2.05) is 0 Å². The number of aromatic nitrogens is 2. The topological polar surface area (TPSA) is 111 Å². The molecule has 1 atom stereocenters. The van der Waals surface area contributed by atoms with Crippen molar-refractivity contribution in [1.29, 1.82) is 0 Å². The third-order valence-electron chi connectivity index (χ3n) is 4.01. The molecule has 0 aliphatic carbocycles. The van der Waals surface area contributed by atoms with Crippen molar-refractivity contribution in [2.24, 2.45) is 0 Å². The van der Waals surface area contributed by atoms with E-state index in [1.54, 1.807) is 38.3 Å². The number of sulfone groups is 1. The Balaban J connectivity index is 1.55. The van der Waals surface area contributed by atoms with Gasteiger partial charge in [0, 0.05) is 5.56 Å². The molecule has 1 aromatic heterocycles. The van der Waals surface area contributed by atoms with Crippen LogP contribution in [-0.2, 0) is 14.6 Å². The molecule has 0 saturated carbocycles. The molecule has 10 heteroatoms. The summed E-state index contributed by atoms with van der Waals surface area (Å²) in [5.74, 6) is 0.953. The third-order valence-corrected chi connectivity index (χ3v) is 6.74. The minimum Gasteiger partial charge on any atom is -0.497 e. The number of hydrogen-bond donors (Lipinski definition) is 1. The van der Waals surface area contributed by atoms with Crippen LogP contribution < -0.4 is 10.1 Å². The first-order valence-corrected chi connectivity index (χ1v) is 10.7. The molecule has 1 N–H and O–H groups in total. The standard InChI is InChI=1S/C16H19N3O5S2/c1-16(7-8-26(21,22)10-16)17-13(20)9-25-15-19-18-14(24-15)11-3-5-12(23-2)6-4-11/h3-6H,7-10H2,1-2H3,(H,17,20). The first-order valence-electron chi connectivity index (χ1n) is 7.91. The number of rotatable bonds is 6. The van der Waals surface area contributed by atoms with Gasteiger partial charge in [0.2, 0.25) is 11.8 Å². The van der Waals surface area contributed by atoms with E-state index in [-0.39, 0.29) is 28.4 Å². The van der Waals surface area contributed by atoms with Gasteiger partial charge in [0.25, 0.3) is 5.22 Å². The summed E-state index contributed by atoms with van der Waals surface area (Å²) in [7, 11) is -1.48. The second-order valence-corrected chi connectivity index (χ2v) is 9.45. The fourth-order valence-corrected chi connectivity index (χ4v) is 5.38. The minimum atomic E-state index is -3.07. The summed E-state index contributed by atoms with van der Waals surface area (Å²) in [4.78, 5) is 12.1. The lowest BCUT2D eigenvalue weighted by molar-refractivity contribution is -0.120. The Hall–Kier alpha value is -2.07. The fraction of sp³-hybridized carbons (Fsp3) is 0.438. The molecule has 8 nitrogen and oxygen atoms in total. The normalized spacial score (nSPS) is 21.5. The highest BCUT2D eigenvalue weighted by atomic mass is 32.2. The molecular formula is C16H19N3O5S2. The van der Waals surface area contributed by atoms with Gasteiger partial charge in [-0.1, -0.05) is 11.8 Å². The molecule has 3 rings (SSSR count). The smallest absolute Gasteiger partial charge is 0.277 e. The largest absolute Gasteiger partial charge is 0.497 e. The highest BCUT2D eigenvalue weighted by Gasteiger charge is 2.39. The van der Waals surface area contributed by atoms with Crippen molar-refractivity contribution in [3.05, 3.63) is 24.3 Å². The number of ether oxygens (including phenoxy) is 1. The molecule has 26 heavy (non-hydrogen) atoms. The van der Waals surface area contributed by atoms with Crippen molar-refractivity contribution < 1.29 is 22.4 Å². The van der Waals surface area contributed by atoms with Crippen molar-refractivity contribution in [2.75, 3.05) is 24.4 Å². The Morgan fingerprint density at radius 2 is 2.08 bits per heavy atom. The predicted octanol–water partition coefficient (Wildman–Crippen LogP) is 1.53. The number of carbonyl (C=O) groups excluding carboxylic acids is 1. The molecule has 2 heterocycles. The summed E-state index contributed by atoms with van der Waals surface area (Å²) < 4.78 is 33.8. The fourth-order valence-electron chi connectivity index (χ4n) is 2.73. The zero-order chi connectivity index (χ0) is 18.8. The van der Waals surface area contributed by atoms with Crippen LogP contribution in [0.15, 0.2) is 33.9 Å². The second kappa shape index (κ2) is 7.28. The van der Waals surface area contributed by atoms with E-state index in [9.17, 15) is 13.2 Å². The lowest BCUT2D eigenvalue weighted by atomic mass is 10.0. The van der Waals surface area contributed by atoms with Crippen molar-refractivity contribution in [3.63, 3.8) is 0 Å². The summed E-state index contributed by atoms with van der Waals surface area (Å²) in [6, 6.07) is 7.18. The van der Waals surface area contributed by atoms with E-state index in [4.69, 9.17) is 9.15 Å². The van der Waals surface area contributed by atoms with E-state index in [2.05, 4.69) is 15.5 Å². The van der Waals surface area contributed by atoms with Crippen LogP contribution in [0.3, 0.4) is 0 Å². The Kier molecular flexibility index (Phi) is 5.24. The van der Waals surface area contributed by atoms with E-state index in [0.29, 0.717) is 12.3 Å². The van der Waals surface area contributed by atoms with Crippen molar-refractivity contribution in [3.8, 4) is 17.2 Å². The zero-order valence-electron chi connectivity index (χ0n) is 14.4. The summed E-state index contributed by atoms with van der Waals surface area (Å²) in [5.41, 5.74) is 0.0396. The SMILES string of the molecule is COc1ccc(-c2nnc(SCC(=O)NC3(C)CCS(=O)(=O)C3)o2)cc1. The molecule has 140 valence electrons. The van der Waals surface area contributed by atoms with Crippen LogP contribution in [0, 0.1) is 0 Å². The molecule has 0 bridgehead atoms. The van der Waals surface area contributed by atoms with Crippen LogP contribution in [0.4, 0.5) is 0 Å². The van der Waals surface area contributed by atoms with Crippen molar-refractivity contribution in [1.82, 2.24) is 15.5 Å². The van der Waals surface area contributed by atoms with Crippen LogP contribution in [0.1, 0.15) is 13.3 Å². The first kappa shape index (κ1) is 18.7. The average Bonchev–Trinajstić information content (AvgIpc) is 3.17. The summed E-state index contributed by atoms with van der Waals surface area (Å²) in [5, 5.41) is 10.9. The highest BCUT2D eigenvalue weighted by molar-refractivity contribution is 7.99. The molecule has 1 saturated heterocycles. The van der Waals surface area contributed by atoms with Gasteiger partial charge in [-0.15, -0.1) is 10.2 Å². The van der Waals surface area contributed by atoms with Gasteiger partial charge < -0.3 is 14.5 Å².